The lowest BCUT2D eigenvalue weighted by Gasteiger charge is -2.15. The molecule has 0 saturated heterocycles. The molecule has 2 heterocycles. The van der Waals surface area contributed by atoms with Gasteiger partial charge in [0, 0.05) is 34.1 Å². The Labute approximate surface area is 187 Å². The molecule has 0 saturated carbocycles. The summed E-state index contributed by atoms with van der Waals surface area (Å²) in [6, 6.07) is 11.8. The van der Waals surface area contributed by atoms with Crippen LogP contribution in [0.3, 0.4) is 0 Å². The number of pyridine rings is 2. The zero-order valence-corrected chi connectivity index (χ0v) is 19.2. The predicted octanol–water partition coefficient (Wildman–Crippen LogP) is 4.82. The Balaban J connectivity index is 1.95. The SMILES string of the molecule is CCc1nc2ccc(OC)cc2cc1Cc1c(=O)[nH]c(CC)c2cc(OC)c(OC)cc12. The van der Waals surface area contributed by atoms with Gasteiger partial charge in [-0.05, 0) is 60.2 Å². The highest BCUT2D eigenvalue weighted by atomic mass is 16.5. The van der Waals surface area contributed by atoms with Gasteiger partial charge in [-0.1, -0.05) is 13.8 Å². The van der Waals surface area contributed by atoms with E-state index in [0.717, 1.165) is 50.8 Å². The molecule has 0 unspecified atom stereocenters. The van der Waals surface area contributed by atoms with Crippen molar-refractivity contribution in [3.8, 4) is 17.2 Å². The van der Waals surface area contributed by atoms with Crippen LogP contribution in [-0.4, -0.2) is 31.3 Å². The number of fused-ring (bicyclic) bond motifs is 2. The second-order valence-corrected chi connectivity index (χ2v) is 7.70. The van der Waals surface area contributed by atoms with Crippen molar-refractivity contribution in [2.75, 3.05) is 21.3 Å². The van der Waals surface area contributed by atoms with Crippen molar-refractivity contribution in [2.24, 2.45) is 0 Å². The molecule has 0 amide bonds. The quantitative estimate of drug-likeness (QED) is 0.453. The summed E-state index contributed by atoms with van der Waals surface area (Å²) in [5, 5.41) is 2.82. The fourth-order valence-electron chi connectivity index (χ4n) is 4.25. The third kappa shape index (κ3) is 3.77. The zero-order chi connectivity index (χ0) is 22.8. The molecule has 6 heteroatoms. The van der Waals surface area contributed by atoms with Gasteiger partial charge in [-0.15, -0.1) is 0 Å². The molecule has 6 nitrogen and oxygen atoms in total. The topological polar surface area (TPSA) is 73.4 Å². The maximum atomic E-state index is 13.2. The Kier molecular flexibility index (Phi) is 6.04. The zero-order valence-electron chi connectivity index (χ0n) is 19.2. The highest BCUT2D eigenvalue weighted by molar-refractivity contribution is 5.91. The summed E-state index contributed by atoms with van der Waals surface area (Å²) in [6.07, 6.45) is 1.95. The Bertz CT molecular complexity index is 1360. The molecule has 0 aliphatic carbocycles. The van der Waals surface area contributed by atoms with Crippen LogP contribution < -0.4 is 19.8 Å². The van der Waals surface area contributed by atoms with Crippen LogP contribution in [0, 0.1) is 0 Å². The molecule has 0 bridgehead atoms. The molecular formula is C26H28N2O4. The maximum absolute atomic E-state index is 13.2. The monoisotopic (exact) mass is 432 g/mol. The largest absolute Gasteiger partial charge is 0.497 e. The number of aryl methyl sites for hydroxylation is 2. The van der Waals surface area contributed by atoms with Gasteiger partial charge in [-0.25, -0.2) is 0 Å². The number of hydrogen-bond acceptors (Lipinski definition) is 5. The minimum absolute atomic E-state index is 0.0886. The number of nitrogens with zero attached hydrogens (tertiary/aromatic N) is 1. The molecule has 0 spiro atoms. The van der Waals surface area contributed by atoms with E-state index in [0.29, 0.717) is 29.9 Å². The van der Waals surface area contributed by atoms with Gasteiger partial charge in [0.05, 0.1) is 26.8 Å². The van der Waals surface area contributed by atoms with E-state index in [-0.39, 0.29) is 5.56 Å². The van der Waals surface area contributed by atoms with Gasteiger partial charge in [0.25, 0.3) is 5.56 Å². The lowest BCUT2D eigenvalue weighted by atomic mass is 9.95. The average molecular weight is 433 g/mol. The second-order valence-electron chi connectivity index (χ2n) is 7.70. The molecular weight excluding hydrogens is 404 g/mol. The fraction of sp³-hybridized carbons (Fsp3) is 0.308. The standard InChI is InChI=1S/C26H28N2O4/c1-6-21-16(10-15-11-17(30-3)8-9-23(15)27-21)12-20-18-13-24(31-4)25(32-5)14-19(18)22(7-2)28-26(20)29/h8-11,13-14H,6-7,12H2,1-5H3,(H,28,29). The second kappa shape index (κ2) is 8.91. The molecule has 2 aromatic heterocycles. The Morgan fingerprint density at radius 2 is 1.59 bits per heavy atom. The van der Waals surface area contributed by atoms with Gasteiger partial charge in [0.15, 0.2) is 11.5 Å². The van der Waals surface area contributed by atoms with Crippen LogP contribution in [0.25, 0.3) is 21.7 Å². The number of benzene rings is 2. The lowest BCUT2D eigenvalue weighted by Crippen LogP contribution is -2.17. The van der Waals surface area contributed by atoms with Gasteiger partial charge in [0.1, 0.15) is 5.75 Å². The van der Waals surface area contributed by atoms with E-state index in [9.17, 15) is 4.79 Å². The summed E-state index contributed by atoms with van der Waals surface area (Å²) < 4.78 is 16.4. The number of nitrogens with one attached hydrogen (secondary N) is 1. The molecule has 4 rings (SSSR count). The number of aromatic nitrogens is 2. The summed E-state index contributed by atoms with van der Waals surface area (Å²) in [4.78, 5) is 21.1. The maximum Gasteiger partial charge on any atom is 0.252 e. The number of hydrogen-bond donors (Lipinski definition) is 1. The first kappa shape index (κ1) is 21.7. The first-order chi connectivity index (χ1) is 15.5. The normalized spacial score (nSPS) is 11.2. The number of ether oxygens (including phenoxy) is 3. The van der Waals surface area contributed by atoms with Crippen LogP contribution in [0.2, 0.25) is 0 Å². The summed E-state index contributed by atoms with van der Waals surface area (Å²) in [5.74, 6) is 2.02. The summed E-state index contributed by atoms with van der Waals surface area (Å²) >= 11 is 0. The van der Waals surface area contributed by atoms with Crippen molar-refractivity contribution in [2.45, 2.75) is 33.1 Å². The van der Waals surface area contributed by atoms with Crippen LogP contribution >= 0.6 is 0 Å². The highest BCUT2D eigenvalue weighted by Gasteiger charge is 2.17. The molecule has 2 aromatic carbocycles. The third-order valence-electron chi connectivity index (χ3n) is 5.96. The highest BCUT2D eigenvalue weighted by Crippen LogP contribution is 2.35. The van der Waals surface area contributed by atoms with Crippen molar-refractivity contribution in [1.82, 2.24) is 9.97 Å². The molecule has 32 heavy (non-hydrogen) atoms. The minimum atomic E-state index is -0.0886. The van der Waals surface area contributed by atoms with Crippen LogP contribution in [0.4, 0.5) is 0 Å². The van der Waals surface area contributed by atoms with Gasteiger partial charge >= 0.3 is 0 Å². The Hall–Kier alpha value is -3.54. The molecule has 0 fully saturated rings. The van der Waals surface area contributed by atoms with E-state index in [1.54, 1.807) is 21.3 Å². The van der Waals surface area contributed by atoms with Gasteiger partial charge in [-0.2, -0.15) is 0 Å². The first-order valence-electron chi connectivity index (χ1n) is 10.8. The number of aromatic amines is 1. The van der Waals surface area contributed by atoms with Crippen LogP contribution in [0.15, 0.2) is 41.2 Å². The minimum Gasteiger partial charge on any atom is -0.497 e. The van der Waals surface area contributed by atoms with Crippen LogP contribution in [0.1, 0.15) is 36.4 Å². The molecule has 0 radical (unpaired) electrons. The van der Waals surface area contributed by atoms with E-state index < -0.39 is 0 Å². The number of methoxy groups -OCH3 is 3. The van der Waals surface area contributed by atoms with Gasteiger partial charge in [0.2, 0.25) is 0 Å². The van der Waals surface area contributed by atoms with Crippen molar-refractivity contribution in [3.63, 3.8) is 0 Å². The Morgan fingerprint density at radius 3 is 2.22 bits per heavy atom. The predicted molar refractivity (Wildman–Crippen MR) is 128 cm³/mol. The van der Waals surface area contributed by atoms with Crippen molar-refractivity contribution >= 4 is 21.7 Å². The van der Waals surface area contributed by atoms with Crippen LogP contribution in [0.5, 0.6) is 17.2 Å². The third-order valence-corrected chi connectivity index (χ3v) is 5.96. The van der Waals surface area contributed by atoms with Crippen molar-refractivity contribution in [3.05, 3.63) is 69.3 Å². The summed E-state index contributed by atoms with van der Waals surface area (Å²) in [6.45, 7) is 4.11. The van der Waals surface area contributed by atoms with Crippen LogP contribution in [-0.2, 0) is 19.3 Å². The van der Waals surface area contributed by atoms with E-state index in [1.807, 2.05) is 37.3 Å². The van der Waals surface area contributed by atoms with E-state index >= 15 is 0 Å². The summed E-state index contributed by atoms with van der Waals surface area (Å²) in [7, 11) is 4.87. The average Bonchev–Trinajstić information content (AvgIpc) is 2.83. The number of rotatable bonds is 7. The smallest absolute Gasteiger partial charge is 0.252 e. The van der Waals surface area contributed by atoms with Crippen molar-refractivity contribution in [1.29, 1.82) is 0 Å². The molecule has 4 aromatic rings. The molecule has 166 valence electrons. The van der Waals surface area contributed by atoms with Crippen molar-refractivity contribution < 1.29 is 14.2 Å². The van der Waals surface area contributed by atoms with E-state index in [1.165, 1.54) is 0 Å². The van der Waals surface area contributed by atoms with E-state index in [4.69, 9.17) is 19.2 Å². The molecule has 1 N–H and O–H groups in total. The molecule has 0 aliphatic rings. The summed E-state index contributed by atoms with van der Waals surface area (Å²) in [5.41, 5.74) is 4.41. The Morgan fingerprint density at radius 1 is 0.875 bits per heavy atom. The fourth-order valence-corrected chi connectivity index (χ4v) is 4.25. The van der Waals surface area contributed by atoms with Gasteiger partial charge in [-0.3, -0.25) is 9.78 Å². The molecule has 0 aliphatic heterocycles. The lowest BCUT2D eigenvalue weighted by molar-refractivity contribution is 0.356. The number of H-pyrrole nitrogens is 1. The van der Waals surface area contributed by atoms with E-state index in [2.05, 4.69) is 18.0 Å². The molecule has 0 atom stereocenters. The first-order valence-corrected chi connectivity index (χ1v) is 10.8. The van der Waals surface area contributed by atoms with Gasteiger partial charge < -0.3 is 19.2 Å².